The van der Waals surface area contributed by atoms with Crippen molar-refractivity contribution < 1.29 is 13.2 Å². The average molecular weight is 376 g/mol. The molecule has 0 aliphatic carbocycles. The molecule has 1 saturated heterocycles. The first-order valence-electron chi connectivity index (χ1n) is 8.17. The van der Waals surface area contributed by atoms with Crippen LogP contribution in [0, 0.1) is 0 Å². The maximum Gasteiger partial charge on any atom is 0.401 e. The van der Waals surface area contributed by atoms with Gasteiger partial charge < -0.3 is 5.73 Å². The summed E-state index contributed by atoms with van der Waals surface area (Å²) in [5.41, 5.74) is 6.10. The van der Waals surface area contributed by atoms with E-state index in [1.165, 1.54) is 4.90 Å². The fourth-order valence-electron chi connectivity index (χ4n) is 3.16. The van der Waals surface area contributed by atoms with E-state index in [0.717, 1.165) is 10.6 Å². The monoisotopic (exact) mass is 375 g/mol. The molecule has 25 heavy (non-hydrogen) atoms. The molecule has 1 fully saturated rings. The molecule has 0 spiro atoms. The topological polar surface area (TPSA) is 48.1 Å². The maximum atomic E-state index is 12.6. The first kappa shape index (κ1) is 18.4. The minimum Gasteiger partial charge on any atom is -0.324 e. The highest BCUT2D eigenvalue weighted by Gasteiger charge is 2.34. The SMILES string of the molecule is CC(N)[C@H]1N=c2cccc(Cl)c2=CN1N1CCN(CC(F)(F)F)CC1. The number of alkyl halides is 3. The molecule has 9 heteroatoms. The van der Waals surface area contributed by atoms with E-state index in [4.69, 9.17) is 22.3 Å². The Morgan fingerprint density at radius 3 is 2.56 bits per heavy atom. The Morgan fingerprint density at radius 2 is 1.96 bits per heavy atom. The molecule has 0 amide bonds. The van der Waals surface area contributed by atoms with Crippen LogP contribution in [0.15, 0.2) is 23.2 Å². The molecule has 1 aromatic carbocycles. The van der Waals surface area contributed by atoms with Gasteiger partial charge in [0.2, 0.25) is 0 Å². The van der Waals surface area contributed by atoms with Gasteiger partial charge in [-0.25, -0.2) is 5.01 Å². The van der Waals surface area contributed by atoms with E-state index in [-0.39, 0.29) is 12.2 Å². The summed E-state index contributed by atoms with van der Waals surface area (Å²) >= 11 is 6.27. The average Bonchev–Trinajstić information content (AvgIpc) is 2.53. The Bertz CT molecular complexity index is 728. The molecule has 2 aliphatic heterocycles. The lowest BCUT2D eigenvalue weighted by molar-refractivity contribution is -0.154. The van der Waals surface area contributed by atoms with Gasteiger partial charge in [-0.1, -0.05) is 17.7 Å². The fourth-order valence-corrected chi connectivity index (χ4v) is 3.38. The smallest absolute Gasteiger partial charge is 0.324 e. The van der Waals surface area contributed by atoms with Gasteiger partial charge in [-0.3, -0.25) is 14.9 Å². The van der Waals surface area contributed by atoms with Crippen molar-refractivity contribution in [2.24, 2.45) is 10.7 Å². The highest BCUT2D eigenvalue weighted by atomic mass is 35.5. The summed E-state index contributed by atoms with van der Waals surface area (Å²) in [5, 5.41) is 6.09. The normalized spacial score (nSPS) is 23.6. The minimum absolute atomic E-state index is 0.239. The van der Waals surface area contributed by atoms with Crippen LogP contribution in [0.25, 0.3) is 6.20 Å². The van der Waals surface area contributed by atoms with Crippen molar-refractivity contribution in [3.8, 4) is 0 Å². The predicted molar refractivity (Wildman–Crippen MR) is 90.0 cm³/mol. The van der Waals surface area contributed by atoms with E-state index in [2.05, 4.69) is 0 Å². The maximum absolute atomic E-state index is 12.6. The molecular formula is C16H21ClF3N5. The third-order valence-corrected chi connectivity index (χ3v) is 4.71. The third kappa shape index (κ3) is 4.25. The van der Waals surface area contributed by atoms with Crippen molar-refractivity contribution in [3.63, 3.8) is 0 Å². The van der Waals surface area contributed by atoms with Gasteiger partial charge in [-0.2, -0.15) is 13.2 Å². The lowest BCUT2D eigenvalue weighted by Crippen LogP contribution is -2.60. The summed E-state index contributed by atoms with van der Waals surface area (Å²) in [5.74, 6) is 0. The van der Waals surface area contributed by atoms with Crippen molar-refractivity contribution in [2.75, 3.05) is 32.7 Å². The Labute approximate surface area is 149 Å². The number of piperazine rings is 1. The fraction of sp³-hybridized carbons (Fsp3) is 0.562. The van der Waals surface area contributed by atoms with Crippen LogP contribution in [-0.4, -0.2) is 66.0 Å². The van der Waals surface area contributed by atoms with Crippen molar-refractivity contribution in [1.29, 1.82) is 0 Å². The van der Waals surface area contributed by atoms with Gasteiger partial charge in [0.25, 0.3) is 0 Å². The molecule has 0 radical (unpaired) electrons. The minimum atomic E-state index is -4.17. The highest BCUT2D eigenvalue weighted by molar-refractivity contribution is 6.30. The summed E-state index contributed by atoms with van der Waals surface area (Å²) in [7, 11) is 0. The summed E-state index contributed by atoms with van der Waals surface area (Å²) in [6.45, 7) is 2.62. The first-order chi connectivity index (χ1) is 11.7. The lowest BCUT2D eigenvalue weighted by Gasteiger charge is -2.44. The van der Waals surface area contributed by atoms with Crippen molar-refractivity contribution in [2.45, 2.75) is 25.3 Å². The van der Waals surface area contributed by atoms with Crippen molar-refractivity contribution >= 4 is 17.8 Å². The largest absolute Gasteiger partial charge is 0.401 e. The molecule has 0 saturated carbocycles. The summed E-state index contributed by atoms with van der Waals surface area (Å²) < 4.78 is 37.7. The van der Waals surface area contributed by atoms with Gasteiger partial charge in [0.05, 0.1) is 16.9 Å². The van der Waals surface area contributed by atoms with Gasteiger partial charge in [-0.15, -0.1) is 0 Å². The van der Waals surface area contributed by atoms with Gasteiger partial charge in [0.1, 0.15) is 6.17 Å². The van der Waals surface area contributed by atoms with Crippen LogP contribution in [0.2, 0.25) is 5.02 Å². The number of nitrogens with two attached hydrogens (primary N) is 1. The van der Waals surface area contributed by atoms with Gasteiger partial charge in [0.15, 0.2) is 0 Å². The van der Waals surface area contributed by atoms with Crippen LogP contribution in [-0.2, 0) is 0 Å². The molecule has 0 bridgehead atoms. The molecule has 3 rings (SSSR count). The lowest BCUT2D eigenvalue weighted by atomic mass is 10.2. The molecule has 1 aromatic rings. The predicted octanol–water partition coefficient (Wildman–Crippen LogP) is 0.781. The zero-order valence-corrected chi connectivity index (χ0v) is 14.6. The molecule has 5 nitrogen and oxygen atoms in total. The second-order valence-corrected chi connectivity index (χ2v) is 6.84. The Balaban J connectivity index is 1.80. The molecule has 2 aliphatic rings. The number of hydrogen-bond donors (Lipinski definition) is 1. The van der Waals surface area contributed by atoms with Crippen LogP contribution < -0.4 is 16.3 Å². The molecule has 2 heterocycles. The van der Waals surface area contributed by atoms with Crippen LogP contribution in [0.3, 0.4) is 0 Å². The molecule has 2 N–H and O–H groups in total. The number of hydrogen-bond acceptors (Lipinski definition) is 5. The Kier molecular flexibility index (Phi) is 5.24. The number of rotatable bonds is 3. The van der Waals surface area contributed by atoms with E-state index >= 15 is 0 Å². The van der Waals surface area contributed by atoms with Crippen molar-refractivity contribution in [1.82, 2.24) is 14.9 Å². The second kappa shape index (κ2) is 7.11. The van der Waals surface area contributed by atoms with E-state index < -0.39 is 12.7 Å². The Hall–Kier alpha value is -1.35. The molecule has 0 aromatic heterocycles. The van der Waals surface area contributed by atoms with E-state index in [1.54, 1.807) is 6.07 Å². The quantitative estimate of drug-likeness (QED) is 0.848. The number of nitrogens with zero attached hydrogens (tertiary/aromatic N) is 4. The number of benzene rings is 1. The van der Waals surface area contributed by atoms with Gasteiger partial charge in [0, 0.05) is 43.6 Å². The molecule has 138 valence electrons. The summed E-state index contributed by atoms with van der Waals surface area (Å²) in [6, 6.07) is 5.27. The van der Waals surface area contributed by atoms with E-state index in [9.17, 15) is 13.2 Å². The Morgan fingerprint density at radius 1 is 1.28 bits per heavy atom. The molecule has 1 unspecified atom stereocenters. The third-order valence-electron chi connectivity index (χ3n) is 4.38. The second-order valence-electron chi connectivity index (χ2n) is 6.43. The zero-order chi connectivity index (χ0) is 18.2. The molecule has 2 atom stereocenters. The zero-order valence-electron chi connectivity index (χ0n) is 13.9. The summed E-state index contributed by atoms with van der Waals surface area (Å²) in [4.78, 5) is 6.11. The van der Waals surface area contributed by atoms with Gasteiger partial charge >= 0.3 is 6.18 Å². The highest BCUT2D eigenvalue weighted by Crippen LogP contribution is 2.20. The van der Waals surface area contributed by atoms with Gasteiger partial charge in [-0.05, 0) is 19.1 Å². The molecular weight excluding hydrogens is 355 g/mol. The van der Waals surface area contributed by atoms with Crippen LogP contribution >= 0.6 is 11.6 Å². The number of fused-ring (bicyclic) bond motifs is 1. The van der Waals surface area contributed by atoms with Crippen LogP contribution in [0.4, 0.5) is 13.2 Å². The van der Waals surface area contributed by atoms with Crippen LogP contribution in [0.1, 0.15) is 6.92 Å². The first-order valence-corrected chi connectivity index (χ1v) is 8.54. The van der Waals surface area contributed by atoms with E-state index in [1.807, 2.05) is 35.3 Å². The van der Waals surface area contributed by atoms with E-state index in [0.29, 0.717) is 31.2 Å². The van der Waals surface area contributed by atoms with Crippen molar-refractivity contribution in [3.05, 3.63) is 33.8 Å². The standard InChI is InChI=1S/C16H21ClF3N5/c1-11(21)15-22-14-4-2-3-13(17)12(14)9-25(15)24-7-5-23(6-8-24)10-16(18,19)20/h2-4,9,11,15H,5-8,10,21H2,1H3/t11?,15-/m0/s1. The number of hydrazine groups is 1. The van der Waals surface area contributed by atoms with Crippen LogP contribution in [0.5, 0.6) is 0 Å². The number of halogens is 4. The summed E-state index contributed by atoms with van der Waals surface area (Å²) in [6.07, 6.45) is -2.58.